The third kappa shape index (κ3) is 5.57. The van der Waals surface area contributed by atoms with Gasteiger partial charge in [0.1, 0.15) is 18.1 Å². The predicted octanol–water partition coefficient (Wildman–Crippen LogP) is 3.38. The minimum absolute atomic E-state index is 0.0669. The van der Waals surface area contributed by atoms with Gasteiger partial charge in [-0.3, -0.25) is 4.79 Å². The van der Waals surface area contributed by atoms with E-state index in [4.69, 9.17) is 22.1 Å². The molecule has 0 unspecified atom stereocenters. The van der Waals surface area contributed by atoms with Crippen LogP contribution in [0.5, 0.6) is 5.88 Å². The summed E-state index contributed by atoms with van der Waals surface area (Å²) in [5.74, 6) is 0.522. The molecule has 0 aliphatic heterocycles. The first kappa shape index (κ1) is 18.9. The summed E-state index contributed by atoms with van der Waals surface area (Å²) in [5.41, 5.74) is 8.80. The molecule has 0 aliphatic carbocycles. The molecule has 27 heavy (non-hydrogen) atoms. The lowest BCUT2D eigenvalue weighted by atomic mass is 10.0. The summed E-state index contributed by atoms with van der Waals surface area (Å²) in [6, 6.07) is 12.7. The van der Waals surface area contributed by atoms with Gasteiger partial charge in [0, 0.05) is 30.8 Å². The van der Waals surface area contributed by atoms with Gasteiger partial charge in [0.2, 0.25) is 5.88 Å². The van der Waals surface area contributed by atoms with E-state index in [0.29, 0.717) is 48.3 Å². The first-order valence-electron chi connectivity index (χ1n) is 8.50. The third-order valence-corrected chi connectivity index (χ3v) is 4.18. The van der Waals surface area contributed by atoms with Crippen LogP contribution in [0.25, 0.3) is 0 Å². The van der Waals surface area contributed by atoms with Crippen molar-refractivity contribution in [1.29, 1.82) is 0 Å². The molecule has 0 bridgehead atoms. The number of hydrogen-bond donors (Lipinski definition) is 1. The van der Waals surface area contributed by atoms with Crippen LogP contribution in [0.1, 0.15) is 33.6 Å². The summed E-state index contributed by atoms with van der Waals surface area (Å²) in [5, 5.41) is 0.432. The third-order valence-electron chi connectivity index (χ3n) is 3.98. The largest absolute Gasteiger partial charge is 0.473 e. The Labute approximate surface area is 162 Å². The Morgan fingerprint density at radius 2 is 1.96 bits per heavy atom. The molecule has 2 aromatic heterocycles. The van der Waals surface area contributed by atoms with Crippen molar-refractivity contribution in [3.63, 3.8) is 0 Å². The molecule has 7 heteroatoms. The molecule has 0 atom stereocenters. The van der Waals surface area contributed by atoms with Crippen molar-refractivity contribution in [3.05, 3.63) is 82.5 Å². The lowest BCUT2D eigenvalue weighted by Gasteiger charge is -2.08. The molecule has 138 valence electrons. The Balaban J connectivity index is 1.59. The summed E-state index contributed by atoms with van der Waals surface area (Å²) in [4.78, 5) is 24.5. The Bertz CT molecular complexity index is 933. The van der Waals surface area contributed by atoms with Crippen molar-refractivity contribution in [3.8, 4) is 5.88 Å². The Hall–Kier alpha value is -2.83. The lowest BCUT2D eigenvalue weighted by Crippen LogP contribution is -2.05. The van der Waals surface area contributed by atoms with E-state index in [1.807, 2.05) is 30.3 Å². The second-order valence-corrected chi connectivity index (χ2v) is 6.34. The van der Waals surface area contributed by atoms with Gasteiger partial charge in [-0.15, -0.1) is 0 Å². The highest BCUT2D eigenvalue weighted by Crippen LogP contribution is 2.15. The maximum atomic E-state index is 12.5. The molecular weight excluding hydrogens is 364 g/mol. The second kappa shape index (κ2) is 9.21. The van der Waals surface area contributed by atoms with Crippen LogP contribution in [0.4, 0.5) is 0 Å². The molecule has 0 fully saturated rings. The smallest absolute Gasteiger partial charge is 0.216 e. The van der Waals surface area contributed by atoms with Crippen LogP contribution in [0.3, 0.4) is 0 Å². The van der Waals surface area contributed by atoms with Crippen LogP contribution in [-0.2, 0) is 19.6 Å². The molecule has 0 aliphatic rings. The van der Waals surface area contributed by atoms with Crippen LogP contribution in [0.2, 0.25) is 5.15 Å². The number of carbonyl (C=O) groups excluding carboxylic acids is 1. The summed E-state index contributed by atoms with van der Waals surface area (Å²) in [7, 11) is 0. The van der Waals surface area contributed by atoms with Gasteiger partial charge >= 0.3 is 0 Å². The number of benzene rings is 1. The Morgan fingerprint density at radius 1 is 1.07 bits per heavy atom. The van der Waals surface area contributed by atoms with Crippen molar-refractivity contribution >= 4 is 17.4 Å². The van der Waals surface area contributed by atoms with Gasteiger partial charge in [-0.25, -0.2) is 15.0 Å². The zero-order valence-corrected chi connectivity index (χ0v) is 15.4. The van der Waals surface area contributed by atoms with E-state index >= 15 is 0 Å². The van der Waals surface area contributed by atoms with Crippen molar-refractivity contribution in [2.45, 2.75) is 26.0 Å². The van der Waals surface area contributed by atoms with Crippen LogP contribution in [0, 0.1) is 0 Å². The quantitative estimate of drug-likeness (QED) is 0.474. The maximum absolute atomic E-state index is 12.5. The van der Waals surface area contributed by atoms with E-state index in [-0.39, 0.29) is 5.78 Å². The van der Waals surface area contributed by atoms with E-state index < -0.39 is 0 Å². The van der Waals surface area contributed by atoms with Crippen LogP contribution in [0.15, 0.2) is 55.0 Å². The van der Waals surface area contributed by atoms with Gasteiger partial charge in [-0.1, -0.05) is 29.8 Å². The number of pyridine rings is 1. The van der Waals surface area contributed by atoms with Gasteiger partial charge in [0.25, 0.3) is 0 Å². The van der Waals surface area contributed by atoms with Crippen molar-refractivity contribution in [2.75, 3.05) is 0 Å². The highest BCUT2D eigenvalue weighted by molar-refractivity contribution is 6.29. The van der Waals surface area contributed by atoms with Crippen LogP contribution in [-0.4, -0.2) is 20.7 Å². The number of halogens is 1. The number of Topliss-reactive ketones (excluding diaryl/α,β-unsaturated/α-hetero) is 1. The fourth-order valence-corrected chi connectivity index (χ4v) is 2.76. The maximum Gasteiger partial charge on any atom is 0.216 e. The van der Waals surface area contributed by atoms with E-state index in [1.165, 1.54) is 6.33 Å². The number of rotatable bonds is 8. The number of ketones is 1. The van der Waals surface area contributed by atoms with E-state index in [2.05, 4.69) is 15.0 Å². The standard InChI is InChI=1S/C20H19ClN4O2/c21-19-9-14(6-7-23-19)4-5-18(26)16-3-1-2-15(8-16)12-27-20-10-17(11-22)24-13-25-20/h1-3,6-10,13H,4-5,11-12,22H2. The number of ether oxygens (including phenoxy) is 1. The number of aromatic nitrogens is 3. The highest BCUT2D eigenvalue weighted by Gasteiger charge is 2.08. The predicted molar refractivity (Wildman–Crippen MR) is 103 cm³/mol. The van der Waals surface area contributed by atoms with Crippen LogP contribution < -0.4 is 10.5 Å². The molecule has 2 N–H and O–H groups in total. The Morgan fingerprint density at radius 3 is 2.78 bits per heavy atom. The molecule has 3 rings (SSSR count). The molecule has 2 heterocycles. The minimum Gasteiger partial charge on any atom is -0.473 e. The topological polar surface area (TPSA) is 91.0 Å². The van der Waals surface area contributed by atoms with E-state index in [0.717, 1.165) is 11.1 Å². The molecule has 3 aromatic rings. The zero-order chi connectivity index (χ0) is 19.1. The summed E-state index contributed by atoms with van der Waals surface area (Å²) in [6.07, 6.45) is 4.08. The normalized spacial score (nSPS) is 10.6. The summed E-state index contributed by atoms with van der Waals surface area (Å²) in [6.45, 7) is 0.633. The molecule has 0 spiro atoms. The fraction of sp³-hybridized carbons (Fsp3) is 0.200. The molecule has 1 aromatic carbocycles. The van der Waals surface area contributed by atoms with Gasteiger partial charge in [0.05, 0.1) is 5.69 Å². The highest BCUT2D eigenvalue weighted by atomic mass is 35.5. The van der Waals surface area contributed by atoms with Gasteiger partial charge in [-0.2, -0.15) is 0 Å². The molecule has 0 saturated carbocycles. The molecule has 0 amide bonds. The molecule has 6 nitrogen and oxygen atoms in total. The summed E-state index contributed by atoms with van der Waals surface area (Å²) < 4.78 is 5.67. The van der Waals surface area contributed by atoms with E-state index in [9.17, 15) is 4.79 Å². The number of nitrogens with zero attached hydrogens (tertiary/aromatic N) is 3. The average Bonchev–Trinajstić information content (AvgIpc) is 2.71. The number of nitrogens with two attached hydrogens (primary N) is 1. The molecule has 0 saturated heterocycles. The van der Waals surface area contributed by atoms with Crippen molar-refractivity contribution < 1.29 is 9.53 Å². The fourth-order valence-electron chi connectivity index (χ4n) is 2.56. The minimum atomic E-state index is 0.0669. The number of hydrogen-bond acceptors (Lipinski definition) is 6. The Kier molecular flexibility index (Phi) is 6.46. The van der Waals surface area contributed by atoms with Gasteiger partial charge < -0.3 is 10.5 Å². The average molecular weight is 383 g/mol. The number of carbonyl (C=O) groups is 1. The first-order chi connectivity index (χ1) is 13.1. The van der Waals surface area contributed by atoms with E-state index in [1.54, 1.807) is 18.3 Å². The van der Waals surface area contributed by atoms with Gasteiger partial charge in [0.15, 0.2) is 5.78 Å². The van der Waals surface area contributed by atoms with Crippen molar-refractivity contribution in [1.82, 2.24) is 15.0 Å². The SMILES string of the molecule is NCc1cc(OCc2cccc(C(=O)CCc3ccnc(Cl)c3)c2)ncn1. The zero-order valence-electron chi connectivity index (χ0n) is 14.6. The summed E-state index contributed by atoms with van der Waals surface area (Å²) >= 11 is 5.88. The lowest BCUT2D eigenvalue weighted by molar-refractivity contribution is 0.0982. The van der Waals surface area contributed by atoms with Gasteiger partial charge in [-0.05, 0) is 35.7 Å². The second-order valence-electron chi connectivity index (χ2n) is 5.95. The number of aryl methyl sites for hydroxylation is 1. The first-order valence-corrected chi connectivity index (χ1v) is 8.88. The monoisotopic (exact) mass is 382 g/mol. The molecular formula is C20H19ClN4O2. The van der Waals surface area contributed by atoms with Crippen LogP contribution >= 0.6 is 11.6 Å². The molecule has 0 radical (unpaired) electrons. The van der Waals surface area contributed by atoms with Crippen molar-refractivity contribution in [2.24, 2.45) is 5.73 Å².